The number of hydrogen-bond acceptors (Lipinski definition) is 3. The minimum absolute atomic E-state index is 0.0626. The molecule has 16 heavy (non-hydrogen) atoms. The summed E-state index contributed by atoms with van der Waals surface area (Å²) < 4.78 is 0. The smallest absolute Gasteiger partial charge is 0.234 e. The number of rotatable bonds is 8. The maximum absolute atomic E-state index is 11.5. The van der Waals surface area contributed by atoms with Crippen molar-refractivity contribution in [1.82, 2.24) is 10.2 Å². The lowest BCUT2D eigenvalue weighted by Gasteiger charge is -2.20. The van der Waals surface area contributed by atoms with Crippen molar-refractivity contribution in [1.29, 1.82) is 0 Å². The molecule has 0 aliphatic carbocycles. The summed E-state index contributed by atoms with van der Waals surface area (Å²) in [6, 6.07) is 0.120. The van der Waals surface area contributed by atoms with Crippen LogP contribution in [0.15, 0.2) is 0 Å². The first-order chi connectivity index (χ1) is 7.45. The third-order valence-corrected chi connectivity index (χ3v) is 2.02. The molecule has 0 aromatic carbocycles. The predicted molar refractivity (Wildman–Crippen MR) is 63.8 cm³/mol. The Hall–Kier alpha value is -1.10. The molecule has 0 aromatic heterocycles. The third kappa shape index (κ3) is 8.23. The molecule has 0 aromatic rings. The van der Waals surface area contributed by atoms with E-state index in [1.807, 2.05) is 13.8 Å². The number of nitrogens with zero attached hydrogens (tertiary/aromatic N) is 1. The van der Waals surface area contributed by atoms with Gasteiger partial charge in [0.2, 0.25) is 11.8 Å². The van der Waals surface area contributed by atoms with E-state index in [0.29, 0.717) is 0 Å². The lowest BCUT2D eigenvalue weighted by atomic mass is 10.3. The summed E-state index contributed by atoms with van der Waals surface area (Å²) in [5.74, 6) is -0.458. The van der Waals surface area contributed by atoms with Crippen LogP contribution in [0.4, 0.5) is 0 Å². The van der Waals surface area contributed by atoms with Crippen LogP contribution < -0.4 is 11.1 Å². The summed E-state index contributed by atoms with van der Waals surface area (Å²) >= 11 is 0. The molecule has 0 aliphatic rings. The molecule has 0 spiro atoms. The summed E-state index contributed by atoms with van der Waals surface area (Å²) in [6.45, 7) is 6.99. The number of carbonyl (C=O) groups excluding carboxylic acids is 2. The van der Waals surface area contributed by atoms with E-state index in [9.17, 15) is 9.59 Å². The highest BCUT2D eigenvalue weighted by atomic mass is 16.2. The van der Waals surface area contributed by atoms with Gasteiger partial charge >= 0.3 is 0 Å². The van der Waals surface area contributed by atoms with E-state index in [1.54, 1.807) is 4.90 Å². The fourth-order valence-electron chi connectivity index (χ4n) is 1.39. The second-order valence-corrected chi connectivity index (χ2v) is 4.25. The van der Waals surface area contributed by atoms with E-state index in [4.69, 9.17) is 5.73 Å². The largest absolute Gasteiger partial charge is 0.369 e. The predicted octanol–water partition coefficient (Wildman–Crippen LogP) is 0.0984. The molecular weight excluding hydrogens is 206 g/mol. The summed E-state index contributed by atoms with van der Waals surface area (Å²) in [4.78, 5) is 24.1. The van der Waals surface area contributed by atoms with Crippen LogP contribution in [0.25, 0.3) is 0 Å². The van der Waals surface area contributed by atoms with Crippen LogP contribution in [0, 0.1) is 0 Å². The number of nitrogens with one attached hydrogen (secondary N) is 1. The number of hydrogen-bond donors (Lipinski definition) is 2. The lowest BCUT2D eigenvalue weighted by molar-refractivity contribution is -0.124. The van der Waals surface area contributed by atoms with Crippen molar-refractivity contribution >= 4 is 11.8 Å². The van der Waals surface area contributed by atoms with Crippen LogP contribution in [-0.4, -0.2) is 42.4 Å². The Labute approximate surface area is 97.4 Å². The van der Waals surface area contributed by atoms with Gasteiger partial charge in [-0.2, -0.15) is 0 Å². The van der Waals surface area contributed by atoms with Crippen LogP contribution in [-0.2, 0) is 9.59 Å². The minimum Gasteiger partial charge on any atom is -0.369 e. The standard InChI is InChI=1S/C11H23N3O2/c1-4-5-6-14(7-10(12)15)8-11(16)13-9(2)3/h9H,4-8H2,1-3H3,(H2,12,15)(H,13,16). The molecule has 0 fully saturated rings. The van der Waals surface area contributed by atoms with Crippen molar-refractivity contribution < 1.29 is 9.59 Å². The van der Waals surface area contributed by atoms with Crippen LogP contribution in [0.5, 0.6) is 0 Å². The number of primary amides is 1. The van der Waals surface area contributed by atoms with E-state index < -0.39 is 5.91 Å². The van der Waals surface area contributed by atoms with Crippen molar-refractivity contribution in [3.63, 3.8) is 0 Å². The molecule has 5 nitrogen and oxygen atoms in total. The first kappa shape index (κ1) is 14.9. The average Bonchev–Trinajstić information content (AvgIpc) is 2.11. The van der Waals surface area contributed by atoms with Gasteiger partial charge < -0.3 is 11.1 Å². The van der Waals surface area contributed by atoms with Gasteiger partial charge in [0, 0.05) is 6.04 Å². The quantitative estimate of drug-likeness (QED) is 0.620. The van der Waals surface area contributed by atoms with Gasteiger partial charge in [-0.25, -0.2) is 0 Å². The second kappa shape index (κ2) is 8.10. The topological polar surface area (TPSA) is 75.4 Å². The van der Waals surface area contributed by atoms with Gasteiger partial charge in [-0.15, -0.1) is 0 Å². The Balaban J connectivity index is 4.07. The summed E-state index contributed by atoms with van der Waals surface area (Å²) in [5.41, 5.74) is 5.13. The van der Waals surface area contributed by atoms with E-state index in [0.717, 1.165) is 19.4 Å². The average molecular weight is 229 g/mol. The molecular formula is C11H23N3O2. The van der Waals surface area contributed by atoms with Gasteiger partial charge in [-0.1, -0.05) is 13.3 Å². The van der Waals surface area contributed by atoms with Crippen molar-refractivity contribution in [2.24, 2.45) is 5.73 Å². The van der Waals surface area contributed by atoms with Crippen LogP contribution in [0.2, 0.25) is 0 Å². The molecule has 0 bridgehead atoms. The van der Waals surface area contributed by atoms with Gasteiger partial charge in [0.05, 0.1) is 13.1 Å². The Morgan fingerprint density at radius 3 is 2.38 bits per heavy atom. The Bertz CT molecular complexity index is 229. The Morgan fingerprint density at radius 2 is 1.94 bits per heavy atom. The van der Waals surface area contributed by atoms with E-state index in [2.05, 4.69) is 12.2 Å². The zero-order valence-electron chi connectivity index (χ0n) is 10.5. The molecule has 0 heterocycles. The van der Waals surface area contributed by atoms with Crippen molar-refractivity contribution in [2.75, 3.05) is 19.6 Å². The van der Waals surface area contributed by atoms with Gasteiger partial charge in [0.1, 0.15) is 0 Å². The second-order valence-electron chi connectivity index (χ2n) is 4.25. The first-order valence-corrected chi connectivity index (χ1v) is 5.75. The van der Waals surface area contributed by atoms with Gasteiger partial charge in [-0.05, 0) is 26.8 Å². The van der Waals surface area contributed by atoms with Gasteiger partial charge in [0.15, 0.2) is 0 Å². The summed E-state index contributed by atoms with van der Waals surface area (Å²) in [6.07, 6.45) is 1.99. The maximum atomic E-state index is 11.5. The van der Waals surface area contributed by atoms with Gasteiger partial charge in [-0.3, -0.25) is 14.5 Å². The normalized spacial score (nSPS) is 10.8. The van der Waals surface area contributed by atoms with Crippen molar-refractivity contribution in [3.8, 4) is 0 Å². The van der Waals surface area contributed by atoms with Crippen molar-refractivity contribution in [2.45, 2.75) is 39.7 Å². The molecule has 0 radical (unpaired) electrons. The first-order valence-electron chi connectivity index (χ1n) is 5.75. The van der Waals surface area contributed by atoms with Crippen LogP contribution in [0.3, 0.4) is 0 Å². The Morgan fingerprint density at radius 1 is 1.31 bits per heavy atom. The molecule has 0 rings (SSSR count). The highest BCUT2D eigenvalue weighted by Gasteiger charge is 2.12. The zero-order chi connectivity index (χ0) is 12.6. The van der Waals surface area contributed by atoms with Gasteiger partial charge in [0.25, 0.3) is 0 Å². The molecule has 3 N–H and O–H groups in total. The summed E-state index contributed by atoms with van der Waals surface area (Å²) in [7, 11) is 0. The molecule has 0 saturated heterocycles. The molecule has 0 unspecified atom stereocenters. The SMILES string of the molecule is CCCCN(CC(N)=O)CC(=O)NC(C)C. The third-order valence-electron chi connectivity index (χ3n) is 2.02. The van der Waals surface area contributed by atoms with Crippen LogP contribution in [0.1, 0.15) is 33.6 Å². The molecule has 5 heteroatoms. The minimum atomic E-state index is -0.395. The number of carbonyl (C=O) groups is 2. The fourth-order valence-corrected chi connectivity index (χ4v) is 1.39. The number of amides is 2. The lowest BCUT2D eigenvalue weighted by Crippen LogP contribution is -2.43. The molecule has 0 aliphatic heterocycles. The highest BCUT2D eigenvalue weighted by molar-refractivity contribution is 5.80. The number of unbranched alkanes of at least 4 members (excludes halogenated alkanes) is 1. The van der Waals surface area contributed by atoms with Crippen LogP contribution >= 0.6 is 0 Å². The molecule has 94 valence electrons. The molecule has 0 saturated carbocycles. The molecule has 0 atom stereocenters. The van der Waals surface area contributed by atoms with Crippen molar-refractivity contribution in [3.05, 3.63) is 0 Å². The van der Waals surface area contributed by atoms with E-state index >= 15 is 0 Å². The maximum Gasteiger partial charge on any atom is 0.234 e. The molecule has 2 amide bonds. The number of nitrogens with two attached hydrogens (primary N) is 1. The van der Waals surface area contributed by atoms with E-state index in [-0.39, 0.29) is 25.0 Å². The zero-order valence-corrected chi connectivity index (χ0v) is 10.5. The highest BCUT2D eigenvalue weighted by Crippen LogP contribution is 1.94. The monoisotopic (exact) mass is 229 g/mol. The Kier molecular flexibility index (Phi) is 7.54. The summed E-state index contributed by atoms with van der Waals surface area (Å²) in [5, 5.41) is 2.79. The van der Waals surface area contributed by atoms with E-state index in [1.165, 1.54) is 0 Å². The fraction of sp³-hybridized carbons (Fsp3) is 0.818.